The van der Waals surface area contributed by atoms with E-state index in [0.29, 0.717) is 58.3 Å². The molecule has 22 heteroatoms. The molecule has 14 nitrogen and oxygen atoms in total. The number of carbonyl (C=O) groups excluding carboxylic acids is 3. The van der Waals surface area contributed by atoms with E-state index in [9.17, 15) is 54.6 Å². The lowest BCUT2D eigenvalue weighted by molar-refractivity contribution is -0.132. The molecule has 0 amide bonds. The maximum Gasteiger partial charge on any atom is 0.390 e. The smallest absolute Gasteiger partial charge is 0.390 e. The molecule has 3 N–H and O–H groups in total. The van der Waals surface area contributed by atoms with Gasteiger partial charge in [0.25, 0.3) is 0 Å². The number of aryl methyl sites for hydroxylation is 2. The topological polar surface area (TPSA) is 174 Å². The number of ketones is 3. The van der Waals surface area contributed by atoms with Gasteiger partial charge in [-0.05, 0) is 123 Å². The van der Waals surface area contributed by atoms with Crippen molar-refractivity contribution < 1.29 is 64.1 Å². The molecule has 0 radical (unpaired) electrons. The van der Waals surface area contributed by atoms with Crippen LogP contribution >= 0.6 is 0 Å². The lowest BCUT2D eigenvalue weighted by Crippen LogP contribution is -2.16. The SMILES string of the molecule is COc1ccc(C(=O)c2cc(NCCC(F)(F)F)c3ncc(-c4ccc(C(=O)CC5CC5)c(C)c4)n3n2)cc1F.COc1ccc(C(O)c2cc(NCCC(F)(F)F)c3ncc(-c4ccc(C(=O)CC5CC5)c(C)c4)n3n2)cc1F. The van der Waals surface area contributed by atoms with E-state index >= 15 is 0 Å². The molecule has 0 spiro atoms. The Morgan fingerprint density at radius 3 is 1.56 bits per heavy atom. The molecule has 0 aliphatic heterocycles. The molecule has 1 unspecified atom stereocenters. The van der Waals surface area contributed by atoms with E-state index in [1.807, 2.05) is 26.0 Å². The lowest BCUT2D eigenvalue weighted by atomic mass is 9.98. The van der Waals surface area contributed by atoms with E-state index in [1.54, 1.807) is 24.3 Å². The largest absolute Gasteiger partial charge is 0.494 e. The van der Waals surface area contributed by atoms with E-state index in [2.05, 4.69) is 30.8 Å². The number of Topliss-reactive ketones (excluding diaryl/α,β-unsaturated/α-hetero) is 2. The van der Waals surface area contributed by atoms with Crippen LogP contribution in [0.25, 0.3) is 33.8 Å². The number of rotatable bonds is 20. The third-order valence-corrected chi connectivity index (χ3v) is 13.8. The minimum absolute atomic E-state index is 0.000179. The number of hydrogen-bond acceptors (Lipinski definition) is 12. The second kappa shape index (κ2) is 23.2. The Morgan fingerprint density at radius 1 is 0.637 bits per heavy atom. The van der Waals surface area contributed by atoms with Crippen molar-refractivity contribution in [3.8, 4) is 34.0 Å². The molecule has 418 valence electrons. The van der Waals surface area contributed by atoms with Crippen LogP contribution < -0.4 is 20.1 Å². The number of aliphatic hydroxyl groups is 1. The number of anilines is 2. The van der Waals surface area contributed by atoms with Crippen LogP contribution in [0, 0.1) is 37.3 Å². The fourth-order valence-electron chi connectivity index (χ4n) is 9.17. The number of benzene rings is 4. The van der Waals surface area contributed by atoms with Gasteiger partial charge >= 0.3 is 12.4 Å². The predicted octanol–water partition coefficient (Wildman–Crippen LogP) is 12.7. The number of ether oxygens (including phenoxy) is 2. The molecule has 8 aromatic rings. The van der Waals surface area contributed by atoms with Crippen molar-refractivity contribution in [1.82, 2.24) is 29.2 Å². The Bertz CT molecular complexity index is 3640. The summed E-state index contributed by atoms with van der Waals surface area (Å²) in [4.78, 5) is 47.4. The van der Waals surface area contributed by atoms with E-state index < -0.39 is 61.8 Å². The maximum absolute atomic E-state index is 14.4. The monoisotopic (exact) mass is 1110 g/mol. The zero-order valence-electron chi connectivity index (χ0n) is 43.7. The summed E-state index contributed by atoms with van der Waals surface area (Å²) in [5.41, 5.74) is 6.09. The van der Waals surface area contributed by atoms with Crippen molar-refractivity contribution in [2.75, 3.05) is 37.9 Å². The molecular formula is C58H54F8N8O6. The molecule has 80 heavy (non-hydrogen) atoms. The summed E-state index contributed by atoms with van der Waals surface area (Å²) >= 11 is 0. The van der Waals surface area contributed by atoms with Gasteiger partial charge in [-0.1, -0.05) is 30.3 Å². The predicted molar refractivity (Wildman–Crippen MR) is 281 cm³/mol. The standard InChI is InChI=1S/C29H28F4N4O3.C29H26F4N4O3/c2*1-16-11-18(5-7-20(16)25(38)12-17-3-4-17)24-15-35-28-23(34-10-9-29(31,32)33)14-22(36-37(24)28)27(39)19-6-8-26(40-2)21(30)13-19/h5-8,11,13-15,17,27,34,39H,3-4,9-10,12H2,1-2H3;5-8,11,13-15,17,34H,3-4,9-10,12H2,1-2H3. The van der Waals surface area contributed by atoms with Crippen LogP contribution in [0.5, 0.6) is 11.5 Å². The third-order valence-electron chi connectivity index (χ3n) is 13.8. The molecule has 0 saturated heterocycles. The van der Waals surface area contributed by atoms with Crippen LogP contribution in [-0.2, 0) is 0 Å². The van der Waals surface area contributed by atoms with Crippen molar-refractivity contribution in [3.63, 3.8) is 0 Å². The van der Waals surface area contributed by atoms with Crippen LogP contribution in [0.2, 0.25) is 0 Å². The van der Waals surface area contributed by atoms with Crippen LogP contribution in [0.1, 0.15) is 117 Å². The molecule has 2 saturated carbocycles. The average Bonchev–Trinajstić information content (AvgIpc) is 4.36. The Morgan fingerprint density at radius 2 is 1.11 bits per heavy atom. The van der Waals surface area contributed by atoms with E-state index in [-0.39, 0.29) is 68.2 Å². The number of nitrogens with one attached hydrogen (secondary N) is 2. The number of carbonyl (C=O) groups is 3. The number of hydrogen-bond donors (Lipinski definition) is 3. The number of imidazole rings is 2. The van der Waals surface area contributed by atoms with Crippen molar-refractivity contribution in [1.29, 1.82) is 0 Å². The van der Waals surface area contributed by atoms with Crippen molar-refractivity contribution in [3.05, 3.63) is 154 Å². The quantitative estimate of drug-likeness (QED) is 0.0487. The second-order valence-corrected chi connectivity index (χ2v) is 19.9. The number of halogens is 8. The summed E-state index contributed by atoms with van der Waals surface area (Å²) in [5.74, 6) is -1.02. The molecule has 2 aliphatic rings. The average molecular weight is 1110 g/mol. The third kappa shape index (κ3) is 13.2. The van der Waals surface area contributed by atoms with Crippen LogP contribution in [-0.4, -0.2) is 91.3 Å². The summed E-state index contributed by atoms with van der Waals surface area (Å²) in [6, 6.07) is 21.0. The van der Waals surface area contributed by atoms with Crippen LogP contribution in [0.3, 0.4) is 0 Å². The Labute approximate surface area is 453 Å². The minimum atomic E-state index is -4.38. The van der Waals surface area contributed by atoms with Gasteiger partial charge in [0, 0.05) is 53.7 Å². The number of aromatic nitrogens is 6. The molecular weight excluding hydrogens is 1060 g/mol. The van der Waals surface area contributed by atoms with E-state index in [0.717, 1.165) is 48.9 Å². The summed E-state index contributed by atoms with van der Waals surface area (Å²) in [6.45, 7) is 2.80. The number of fused-ring (bicyclic) bond motifs is 2. The highest BCUT2D eigenvalue weighted by atomic mass is 19.4. The molecule has 4 aromatic carbocycles. The highest BCUT2D eigenvalue weighted by molar-refractivity contribution is 6.08. The van der Waals surface area contributed by atoms with Gasteiger partial charge in [-0.25, -0.2) is 27.8 Å². The van der Waals surface area contributed by atoms with Gasteiger partial charge in [0.15, 0.2) is 46.0 Å². The summed E-state index contributed by atoms with van der Waals surface area (Å²) in [7, 11) is 2.62. The van der Waals surface area contributed by atoms with Gasteiger partial charge in [0.2, 0.25) is 5.78 Å². The lowest BCUT2D eigenvalue weighted by Gasteiger charge is -2.16. The molecule has 4 aromatic heterocycles. The number of nitrogens with zero attached hydrogens (tertiary/aromatic N) is 6. The molecule has 1 atom stereocenters. The number of aliphatic hydroxyl groups excluding tert-OH is 1. The Kier molecular flexibility index (Phi) is 16.4. The van der Waals surface area contributed by atoms with Crippen LogP contribution in [0.15, 0.2) is 97.3 Å². The van der Waals surface area contributed by atoms with Gasteiger partial charge in [-0.3, -0.25) is 14.4 Å². The number of methoxy groups -OCH3 is 2. The summed E-state index contributed by atoms with van der Waals surface area (Å²) in [6.07, 6.45) is -3.96. The highest BCUT2D eigenvalue weighted by Gasteiger charge is 2.30. The van der Waals surface area contributed by atoms with Gasteiger partial charge in [0.05, 0.1) is 67.9 Å². The molecule has 0 bridgehead atoms. The number of alkyl halides is 6. The molecule has 10 rings (SSSR count). The maximum atomic E-state index is 14.4. The summed E-state index contributed by atoms with van der Waals surface area (Å²) < 4.78 is 118. The van der Waals surface area contributed by atoms with Crippen molar-refractivity contribution in [2.45, 2.75) is 83.7 Å². The fraction of sp³-hybridized carbons (Fsp3) is 0.328. The first-order valence-corrected chi connectivity index (χ1v) is 25.6. The van der Waals surface area contributed by atoms with E-state index in [1.165, 1.54) is 72.0 Å². The summed E-state index contributed by atoms with van der Waals surface area (Å²) in [5, 5.41) is 25.5. The Hall–Kier alpha value is -8.27. The normalized spacial score (nSPS) is 13.9. The fourth-order valence-corrected chi connectivity index (χ4v) is 9.17. The van der Waals surface area contributed by atoms with Crippen LogP contribution in [0.4, 0.5) is 46.5 Å². The zero-order chi connectivity index (χ0) is 57.2. The zero-order valence-corrected chi connectivity index (χ0v) is 43.7. The van der Waals surface area contributed by atoms with Gasteiger partial charge < -0.3 is 25.2 Å². The first-order valence-electron chi connectivity index (χ1n) is 25.6. The minimum Gasteiger partial charge on any atom is -0.494 e. The Balaban J connectivity index is 0.000000194. The first kappa shape index (κ1) is 56.5. The molecule has 2 aliphatic carbocycles. The second-order valence-electron chi connectivity index (χ2n) is 19.9. The van der Waals surface area contributed by atoms with Crippen molar-refractivity contribution in [2.24, 2.45) is 11.8 Å². The molecule has 2 fully saturated rings. The van der Waals surface area contributed by atoms with Gasteiger partial charge in [0.1, 0.15) is 11.8 Å². The van der Waals surface area contributed by atoms with Gasteiger partial charge in [-0.2, -0.15) is 36.5 Å². The van der Waals surface area contributed by atoms with Crippen molar-refractivity contribution >= 4 is 40.0 Å². The van der Waals surface area contributed by atoms with Gasteiger partial charge in [-0.15, -0.1) is 0 Å². The van der Waals surface area contributed by atoms with E-state index in [4.69, 9.17) is 9.47 Å². The highest BCUT2D eigenvalue weighted by Crippen LogP contribution is 2.37. The first-order chi connectivity index (χ1) is 38.1. The molecule has 4 heterocycles.